The Morgan fingerprint density at radius 3 is 3.44 bits per heavy atom. The monoisotopic (exact) mass is 216 g/mol. The van der Waals surface area contributed by atoms with Gasteiger partial charge in [-0.2, -0.15) is 0 Å². The number of ether oxygens (including phenoxy) is 1. The Morgan fingerprint density at radius 1 is 1.44 bits per heavy atom. The minimum Gasteiger partial charge on any atom is -0.488 e. The summed E-state index contributed by atoms with van der Waals surface area (Å²) in [6.45, 7) is 3.68. The van der Waals surface area contributed by atoms with Crippen molar-refractivity contribution in [2.75, 3.05) is 19.6 Å². The van der Waals surface area contributed by atoms with E-state index >= 15 is 0 Å². The molecule has 4 rings (SSSR count). The topological polar surface area (TPSA) is 25.4 Å². The Morgan fingerprint density at radius 2 is 2.44 bits per heavy atom. The number of aromatic nitrogens is 1. The van der Waals surface area contributed by atoms with E-state index in [0.29, 0.717) is 11.5 Å². The number of hydrogen-bond donors (Lipinski definition) is 0. The molecule has 3 aliphatic heterocycles. The molecule has 84 valence electrons. The van der Waals surface area contributed by atoms with Crippen LogP contribution in [-0.4, -0.2) is 35.6 Å². The summed E-state index contributed by atoms with van der Waals surface area (Å²) in [5.74, 6) is 1.03. The summed E-state index contributed by atoms with van der Waals surface area (Å²) in [5.41, 5.74) is 1.54. The molecule has 2 bridgehead atoms. The molecule has 0 amide bonds. The van der Waals surface area contributed by atoms with Crippen LogP contribution in [0.15, 0.2) is 18.3 Å². The fraction of sp³-hybridized carbons (Fsp3) is 0.615. The third-order valence-corrected chi connectivity index (χ3v) is 4.49. The van der Waals surface area contributed by atoms with Crippen LogP contribution in [-0.2, 0) is 6.42 Å². The molecule has 16 heavy (non-hydrogen) atoms. The molecule has 0 radical (unpaired) electrons. The van der Waals surface area contributed by atoms with Crippen molar-refractivity contribution in [1.29, 1.82) is 0 Å². The molecule has 1 unspecified atom stereocenters. The molecule has 0 saturated carbocycles. The largest absolute Gasteiger partial charge is 0.488 e. The van der Waals surface area contributed by atoms with Crippen molar-refractivity contribution >= 4 is 0 Å². The fourth-order valence-electron chi connectivity index (χ4n) is 3.64. The Labute approximate surface area is 95.4 Å². The molecule has 4 heterocycles. The second kappa shape index (κ2) is 2.98. The highest BCUT2D eigenvalue weighted by Crippen LogP contribution is 2.47. The van der Waals surface area contributed by atoms with Crippen LogP contribution in [0.4, 0.5) is 0 Å². The van der Waals surface area contributed by atoms with Crippen molar-refractivity contribution in [3.8, 4) is 5.75 Å². The summed E-state index contributed by atoms with van der Waals surface area (Å²) in [4.78, 5) is 7.06. The quantitative estimate of drug-likeness (QED) is 0.657. The zero-order valence-corrected chi connectivity index (χ0v) is 9.35. The van der Waals surface area contributed by atoms with Crippen LogP contribution in [0.1, 0.15) is 18.5 Å². The summed E-state index contributed by atoms with van der Waals surface area (Å²) < 4.78 is 6.17. The Bertz CT molecular complexity index is 432. The minimum atomic E-state index is 0.375. The lowest BCUT2D eigenvalue weighted by atomic mass is 9.73. The molecule has 1 aromatic rings. The number of nitrogens with zero attached hydrogens (tertiary/aromatic N) is 2. The van der Waals surface area contributed by atoms with Gasteiger partial charge in [-0.15, -0.1) is 0 Å². The van der Waals surface area contributed by atoms with E-state index in [1.807, 2.05) is 12.3 Å². The van der Waals surface area contributed by atoms with E-state index in [4.69, 9.17) is 4.74 Å². The zero-order valence-electron chi connectivity index (χ0n) is 9.35. The molecule has 2 fully saturated rings. The number of piperidine rings is 1. The van der Waals surface area contributed by atoms with E-state index in [1.165, 1.54) is 38.2 Å². The second-order valence-corrected chi connectivity index (χ2v) is 5.41. The van der Waals surface area contributed by atoms with Crippen molar-refractivity contribution in [2.24, 2.45) is 5.41 Å². The highest BCUT2D eigenvalue weighted by molar-refractivity contribution is 5.32. The number of hydrogen-bond acceptors (Lipinski definition) is 3. The van der Waals surface area contributed by atoms with Crippen LogP contribution in [0.25, 0.3) is 0 Å². The van der Waals surface area contributed by atoms with Crippen molar-refractivity contribution in [2.45, 2.75) is 25.4 Å². The Hall–Kier alpha value is -1.09. The molecular weight excluding hydrogens is 200 g/mol. The first-order valence-corrected chi connectivity index (χ1v) is 6.19. The van der Waals surface area contributed by atoms with Gasteiger partial charge in [0.1, 0.15) is 11.9 Å². The third-order valence-electron chi connectivity index (χ3n) is 4.49. The number of pyridine rings is 1. The number of fused-ring (bicyclic) bond motifs is 2. The van der Waals surface area contributed by atoms with Crippen LogP contribution in [0.2, 0.25) is 0 Å². The molecular formula is C13H16N2O. The molecule has 2 saturated heterocycles. The first-order valence-electron chi connectivity index (χ1n) is 6.19. The SMILES string of the molecule is c1cnc2c(c1)O[C@@H]1CCN3CC[C@]1(C2)C3. The van der Waals surface area contributed by atoms with E-state index < -0.39 is 0 Å². The maximum Gasteiger partial charge on any atom is 0.141 e. The predicted molar refractivity (Wildman–Crippen MR) is 60.5 cm³/mol. The Balaban J connectivity index is 1.78. The van der Waals surface area contributed by atoms with Crippen LogP contribution >= 0.6 is 0 Å². The standard InChI is InChI=1S/C13H16N2O/c1-2-11-10(14-5-1)8-13-4-7-15(9-13)6-3-12(13)16-11/h1-2,5,12H,3-4,6-9H2/t12-,13+/m1/s1. The average molecular weight is 216 g/mol. The normalized spacial score (nSPS) is 39.8. The van der Waals surface area contributed by atoms with E-state index in [-0.39, 0.29) is 0 Å². The van der Waals surface area contributed by atoms with Crippen LogP contribution < -0.4 is 4.74 Å². The lowest BCUT2D eigenvalue weighted by Crippen LogP contribution is -2.50. The van der Waals surface area contributed by atoms with Crippen molar-refractivity contribution in [3.63, 3.8) is 0 Å². The van der Waals surface area contributed by atoms with Crippen molar-refractivity contribution in [1.82, 2.24) is 9.88 Å². The maximum absolute atomic E-state index is 6.17. The van der Waals surface area contributed by atoms with Crippen molar-refractivity contribution in [3.05, 3.63) is 24.0 Å². The molecule has 0 N–H and O–H groups in total. The van der Waals surface area contributed by atoms with E-state index in [0.717, 1.165) is 12.2 Å². The lowest BCUT2D eigenvalue weighted by Gasteiger charge is -2.44. The maximum atomic E-state index is 6.17. The van der Waals surface area contributed by atoms with Gasteiger partial charge in [0, 0.05) is 31.1 Å². The molecule has 1 aromatic heterocycles. The summed E-state index contributed by atoms with van der Waals surface area (Å²) in [6, 6.07) is 4.04. The highest BCUT2D eigenvalue weighted by Gasteiger charge is 2.51. The molecule has 0 aliphatic carbocycles. The zero-order chi connectivity index (χ0) is 10.6. The Kier molecular flexibility index (Phi) is 1.67. The van der Waals surface area contributed by atoms with Gasteiger partial charge in [0.25, 0.3) is 0 Å². The van der Waals surface area contributed by atoms with Gasteiger partial charge >= 0.3 is 0 Å². The minimum absolute atomic E-state index is 0.375. The van der Waals surface area contributed by atoms with E-state index in [2.05, 4.69) is 16.0 Å². The second-order valence-electron chi connectivity index (χ2n) is 5.41. The van der Waals surface area contributed by atoms with Gasteiger partial charge in [0.2, 0.25) is 0 Å². The van der Waals surface area contributed by atoms with Crippen LogP contribution in [0.5, 0.6) is 5.75 Å². The van der Waals surface area contributed by atoms with Crippen LogP contribution in [0.3, 0.4) is 0 Å². The smallest absolute Gasteiger partial charge is 0.141 e. The van der Waals surface area contributed by atoms with Gasteiger partial charge in [-0.25, -0.2) is 0 Å². The van der Waals surface area contributed by atoms with Gasteiger partial charge < -0.3 is 9.64 Å². The van der Waals surface area contributed by atoms with Crippen LogP contribution in [0, 0.1) is 5.41 Å². The summed E-state index contributed by atoms with van der Waals surface area (Å²) in [5, 5.41) is 0. The molecule has 0 aromatic carbocycles. The van der Waals surface area contributed by atoms with Gasteiger partial charge in [-0.1, -0.05) is 0 Å². The van der Waals surface area contributed by atoms with E-state index in [1.54, 1.807) is 0 Å². The third kappa shape index (κ3) is 1.09. The van der Waals surface area contributed by atoms with Gasteiger partial charge in [-0.05, 0) is 31.5 Å². The average Bonchev–Trinajstić information content (AvgIpc) is 2.64. The predicted octanol–water partition coefficient (Wildman–Crippen LogP) is 1.48. The molecule has 3 atom stereocenters. The lowest BCUT2D eigenvalue weighted by molar-refractivity contribution is -0.00192. The molecule has 3 nitrogen and oxygen atoms in total. The summed E-state index contributed by atoms with van der Waals surface area (Å²) in [7, 11) is 0. The van der Waals surface area contributed by atoms with Crippen molar-refractivity contribution < 1.29 is 4.74 Å². The molecule has 3 heteroatoms. The summed E-state index contributed by atoms with van der Waals surface area (Å²) >= 11 is 0. The first-order chi connectivity index (χ1) is 7.86. The van der Waals surface area contributed by atoms with Gasteiger partial charge in [0.05, 0.1) is 5.69 Å². The van der Waals surface area contributed by atoms with E-state index in [9.17, 15) is 0 Å². The first kappa shape index (κ1) is 8.99. The van der Waals surface area contributed by atoms with Gasteiger partial charge in [-0.3, -0.25) is 4.98 Å². The molecule has 1 spiro atoms. The molecule has 3 aliphatic rings. The fourth-order valence-corrected chi connectivity index (χ4v) is 3.64. The van der Waals surface area contributed by atoms with Gasteiger partial charge in [0.15, 0.2) is 0 Å². The summed E-state index contributed by atoms with van der Waals surface area (Å²) in [6.07, 6.45) is 5.91. The number of rotatable bonds is 0. The highest BCUT2D eigenvalue weighted by atomic mass is 16.5.